The molecule has 0 amide bonds. The number of nitrogens with one attached hydrogen (secondary N) is 2. The summed E-state index contributed by atoms with van der Waals surface area (Å²) in [6.07, 6.45) is 5.77. The van der Waals surface area contributed by atoms with Crippen LogP contribution in [-0.2, 0) is 6.54 Å². The van der Waals surface area contributed by atoms with Crippen molar-refractivity contribution in [1.82, 2.24) is 15.6 Å². The number of hydrogen-bond donors (Lipinski definition) is 2. The van der Waals surface area contributed by atoms with Crippen molar-refractivity contribution in [2.24, 2.45) is 4.99 Å². The van der Waals surface area contributed by atoms with Crippen LogP contribution in [0.15, 0.2) is 53.7 Å². The Hall–Kier alpha value is -1.83. The lowest BCUT2D eigenvalue weighted by Crippen LogP contribution is -2.39. The molecule has 1 aromatic carbocycles. The summed E-state index contributed by atoms with van der Waals surface area (Å²) in [5.74, 6) is 2.38. The SMILES string of the molecule is CCNC(=NCc1ccnc(N2CCCCC2)c1)NCC(C)c1ccccc1.I. The summed E-state index contributed by atoms with van der Waals surface area (Å²) in [7, 11) is 0. The number of halogens is 1. The maximum absolute atomic E-state index is 4.78. The molecule has 158 valence electrons. The highest BCUT2D eigenvalue weighted by Gasteiger charge is 2.12. The molecule has 1 aromatic heterocycles. The molecule has 1 saturated heterocycles. The van der Waals surface area contributed by atoms with E-state index in [-0.39, 0.29) is 24.0 Å². The van der Waals surface area contributed by atoms with E-state index >= 15 is 0 Å². The highest BCUT2D eigenvalue weighted by atomic mass is 127. The average molecular weight is 507 g/mol. The van der Waals surface area contributed by atoms with E-state index < -0.39 is 0 Å². The zero-order chi connectivity index (χ0) is 19.6. The number of piperidine rings is 1. The fraction of sp³-hybridized carbons (Fsp3) is 0.478. The first kappa shape index (κ1) is 23.4. The fourth-order valence-electron chi connectivity index (χ4n) is 3.52. The van der Waals surface area contributed by atoms with Gasteiger partial charge in [-0.3, -0.25) is 0 Å². The summed E-state index contributed by atoms with van der Waals surface area (Å²) in [6, 6.07) is 14.8. The maximum Gasteiger partial charge on any atom is 0.191 e. The van der Waals surface area contributed by atoms with Crippen molar-refractivity contribution in [3.8, 4) is 0 Å². The Morgan fingerprint density at radius 1 is 1.10 bits per heavy atom. The Morgan fingerprint density at radius 3 is 2.59 bits per heavy atom. The van der Waals surface area contributed by atoms with Crippen molar-refractivity contribution in [1.29, 1.82) is 0 Å². The maximum atomic E-state index is 4.78. The van der Waals surface area contributed by atoms with Crippen LogP contribution in [0.2, 0.25) is 0 Å². The standard InChI is InChI=1S/C23H33N5.HI/c1-3-24-23(26-17-19(2)21-10-6-4-7-11-21)27-18-20-12-13-25-22(16-20)28-14-8-5-9-15-28;/h4,6-7,10-13,16,19H,3,5,8-9,14-15,17-18H2,1-2H3,(H2,24,26,27);1H. The van der Waals surface area contributed by atoms with Crippen LogP contribution in [0.5, 0.6) is 0 Å². The molecule has 2 aromatic rings. The number of benzene rings is 1. The van der Waals surface area contributed by atoms with Gasteiger partial charge in [0.2, 0.25) is 0 Å². The quantitative estimate of drug-likeness (QED) is 0.328. The van der Waals surface area contributed by atoms with Gasteiger partial charge in [-0.1, -0.05) is 37.3 Å². The molecule has 2 N–H and O–H groups in total. The molecule has 3 rings (SSSR count). The Balaban J connectivity index is 0.00000300. The number of hydrogen-bond acceptors (Lipinski definition) is 3. The van der Waals surface area contributed by atoms with E-state index in [2.05, 4.69) is 76.8 Å². The summed E-state index contributed by atoms with van der Waals surface area (Å²) >= 11 is 0. The number of nitrogens with zero attached hydrogens (tertiary/aromatic N) is 3. The van der Waals surface area contributed by atoms with Crippen molar-refractivity contribution in [3.63, 3.8) is 0 Å². The molecule has 5 nitrogen and oxygen atoms in total. The number of pyridine rings is 1. The number of rotatable bonds is 7. The largest absolute Gasteiger partial charge is 0.357 e. The van der Waals surface area contributed by atoms with Crippen molar-refractivity contribution in [2.75, 3.05) is 31.1 Å². The van der Waals surface area contributed by atoms with Gasteiger partial charge in [-0.2, -0.15) is 0 Å². The number of aromatic nitrogens is 1. The van der Waals surface area contributed by atoms with Gasteiger partial charge in [0, 0.05) is 32.4 Å². The number of guanidine groups is 1. The monoisotopic (exact) mass is 507 g/mol. The van der Waals surface area contributed by atoms with Gasteiger partial charge < -0.3 is 15.5 Å². The predicted octanol–water partition coefficient (Wildman–Crippen LogP) is 4.55. The Bertz CT molecular complexity index is 744. The molecule has 1 fully saturated rings. The third kappa shape index (κ3) is 7.49. The molecule has 0 saturated carbocycles. The second-order valence-corrected chi connectivity index (χ2v) is 7.46. The van der Waals surface area contributed by atoms with Crippen LogP contribution in [0.3, 0.4) is 0 Å². The lowest BCUT2D eigenvalue weighted by atomic mass is 10.0. The molecule has 0 radical (unpaired) electrons. The third-order valence-electron chi connectivity index (χ3n) is 5.20. The van der Waals surface area contributed by atoms with Gasteiger partial charge in [0.25, 0.3) is 0 Å². The van der Waals surface area contributed by atoms with Gasteiger partial charge in [-0.15, -0.1) is 24.0 Å². The van der Waals surface area contributed by atoms with Gasteiger partial charge in [0.1, 0.15) is 5.82 Å². The highest BCUT2D eigenvalue weighted by Crippen LogP contribution is 2.18. The van der Waals surface area contributed by atoms with Crippen LogP contribution >= 0.6 is 24.0 Å². The second kappa shape index (κ2) is 12.7. The number of aliphatic imine (C=N–C) groups is 1. The molecule has 0 bridgehead atoms. The lowest BCUT2D eigenvalue weighted by molar-refractivity contribution is 0.573. The molecule has 29 heavy (non-hydrogen) atoms. The molecule has 0 spiro atoms. The molecule has 1 aliphatic rings. The van der Waals surface area contributed by atoms with E-state index in [0.717, 1.165) is 38.0 Å². The highest BCUT2D eigenvalue weighted by molar-refractivity contribution is 14.0. The van der Waals surface area contributed by atoms with Crippen LogP contribution in [0.4, 0.5) is 5.82 Å². The summed E-state index contributed by atoms with van der Waals surface area (Å²) in [5, 5.41) is 6.83. The molecule has 1 atom stereocenters. The van der Waals surface area contributed by atoms with Crippen molar-refractivity contribution in [3.05, 3.63) is 59.8 Å². The summed E-state index contributed by atoms with van der Waals surface area (Å²) < 4.78 is 0. The Morgan fingerprint density at radius 2 is 1.86 bits per heavy atom. The van der Waals surface area contributed by atoms with Gasteiger partial charge in [0.05, 0.1) is 6.54 Å². The molecule has 6 heteroatoms. The fourth-order valence-corrected chi connectivity index (χ4v) is 3.52. The van der Waals surface area contributed by atoms with E-state index in [9.17, 15) is 0 Å². The van der Waals surface area contributed by atoms with Crippen molar-refractivity contribution >= 4 is 35.8 Å². The van der Waals surface area contributed by atoms with Crippen molar-refractivity contribution in [2.45, 2.75) is 45.6 Å². The minimum atomic E-state index is 0. The van der Waals surface area contributed by atoms with E-state index in [1.54, 1.807) is 0 Å². The minimum Gasteiger partial charge on any atom is -0.357 e. The molecule has 1 aliphatic heterocycles. The van der Waals surface area contributed by atoms with E-state index in [1.165, 1.54) is 30.4 Å². The molecule has 1 unspecified atom stereocenters. The summed E-state index contributed by atoms with van der Waals surface area (Å²) in [6.45, 7) is 8.91. The van der Waals surface area contributed by atoms with Gasteiger partial charge >= 0.3 is 0 Å². The molecule has 2 heterocycles. The molecule has 0 aliphatic carbocycles. The first-order valence-electron chi connectivity index (χ1n) is 10.5. The Labute approximate surface area is 192 Å². The van der Waals surface area contributed by atoms with Crippen LogP contribution < -0.4 is 15.5 Å². The predicted molar refractivity (Wildman–Crippen MR) is 133 cm³/mol. The third-order valence-corrected chi connectivity index (χ3v) is 5.20. The van der Waals surface area contributed by atoms with Gasteiger partial charge in [0.15, 0.2) is 5.96 Å². The molecular weight excluding hydrogens is 473 g/mol. The topological polar surface area (TPSA) is 52.6 Å². The van der Waals surface area contributed by atoms with Gasteiger partial charge in [-0.05, 0) is 55.4 Å². The van der Waals surface area contributed by atoms with Crippen LogP contribution in [0, 0.1) is 0 Å². The van der Waals surface area contributed by atoms with E-state index in [0.29, 0.717) is 12.5 Å². The van der Waals surface area contributed by atoms with E-state index in [1.807, 2.05) is 6.20 Å². The average Bonchev–Trinajstić information content (AvgIpc) is 2.77. The lowest BCUT2D eigenvalue weighted by Gasteiger charge is -2.27. The smallest absolute Gasteiger partial charge is 0.191 e. The number of anilines is 1. The minimum absolute atomic E-state index is 0. The van der Waals surface area contributed by atoms with Crippen molar-refractivity contribution < 1.29 is 0 Å². The first-order valence-corrected chi connectivity index (χ1v) is 10.5. The Kier molecular flexibility index (Phi) is 10.2. The van der Waals surface area contributed by atoms with Crippen LogP contribution in [-0.4, -0.2) is 37.1 Å². The normalized spacial score (nSPS) is 15.4. The van der Waals surface area contributed by atoms with E-state index in [4.69, 9.17) is 4.99 Å². The zero-order valence-corrected chi connectivity index (χ0v) is 19.9. The van der Waals surface area contributed by atoms with Gasteiger partial charge in [-0.25, -0.2) is 9.98 Å². The summed E-state index contributed by atoms with van der Waals surface area (Å²) in [4.78, 5) is 11.7. The van der Waals surface area contributed by atoms with Crippen LogP contribution in [0.1, 0.15) is 50.2 Å². The first-order chi connectivity index (χ1) is 13.8. The zero-order valence-electron chi connectivity index (χ0n) is 17.6. The molecular formula is C23H34IN5. The van der Waals surface area contributed by atoms with Crippen LogP contribution in [0.25, 0.3) is 0 Å². The second-order valence-electron chi connectivity index (χ2n) is 7.46. The summed E-state index contributed by atoms with van der Waals surface area (Å²) in [5.41, 5.74) is 2.54.